The lowest BCUT2D eigenvalue weighted by molar-refractivity contribution is 0.0626. The average molecular weight is 461 g/mol. The lowest BCUT2D eigenvalue weighted by Gasteiger charge is -2.26. The highest BCUT2D eigenvalue weighted by Gasteiger charge is 2.24. The standard InChI is InChI=1S/C24H29FN2O4S/c1-2-30-11-12-32(28,29)21-5-3-18(4-6-21)22(13-17-7-9-31-10-8-17)23-15-19-14-20(25)16-26-24(19)27-23/h3-6,14-17,22H,2,7-13H2,1H3,(H,26,27). The monoisotopic (exact) mass is 460 g/mol. The van der Waals surface area contributed by atoms with Crippen LogP contribution in [0.5, 0.6) is 0 Å². The Bertz CT molecular complexity index is 1140. The number of rotatable bonds is 9. The molecule has 1 aromatic carbocycles. The summed E-state index contributed by atoms with van der Waals surface area (Å²) in [6.45, 7) is 4.03. The van der Waals surface area contributed by atoms with Crippen LogP contribution >= 0.6 is 0 Å². The maximum atomic E-state index is 13.7. The minimum atomic E-state index is -3.39. The van der Waals surface area contributed by atoms with Gasteiger partial charge in [-0.15, -0.1) is 0 Å². The molecule has 1 unspecified atom stereocenters. The lowest BCUT2D eigenvalue weighted by Crippen LogP contribution is -2.19. The Hall–Kier alpha value is -2.29. The largest absolute Gasteiger partial charge is 0.381 e. The Kier molecular flexibility index (Phi) is 7.23. The van der Waals surface area contributed by atoms with Crippen molar-refractivity contribution in [3.63, 3.8) is 0 Å². The zero-order valence-corrected chi connectivity index (χ0v) is 19.0. The van der Waals surface area contributed by atoms with Gasteiger partial charge in [-0.25, -0.2) is 17.8 Å². The van der Waals surface area contributed by atoms with E-state index in [4.69, 9.17) is 9.47 Å². The van der Waals surface area contributed by atoms with Crippen molar-refractivity contribution in [2.75, 3.05) is 32.2 Å². The van der Waals surface area contributed by atoms with E-state index in [2.05, 4.69) is 9.97 Å². The second kappa shape index (κ2) is 10.1. The molecule has 6 nitrogen and oxygen atoms in total. The van der Waals surface area contributed by atoms with Crippen LogP contribution in [-0.4, -0.2) is 50.6 Å². The molecule has 3 heterocycles. The zero-order valence-electron chi connectivity index (χ0n) is 18.2. The highest BCUT2D eigenvalue weighted by molar-refractivity contribution is 7.91. The van der Waals surface area contributed by atoms with Crippen molar-refractivity contribution in [2.45, 2.75) is 37.0 Å². The summed E-state index contributed by atoms with van der Waals surface area (Å²) >= 11 is 0. The second-order valence-electron chi connectivity index (χ2n) is 8.24. The van der Waals surface area contributed by atoms with Crippen LogP contribution in [-0.2, 0) is 19.3 Å². The fourth-order valence-electron chi connectivity index (χ4n) is 4.29. The molecular weight excluding hydrogens is 431 g/mol. The number of nitrogens with one attached hydrogen (secondary N) is 1. The van der Waals surface area contributed by atoms with Crippen LogP contribution in [0.25, 0.3) is 11.0 Å². The molecule has 172 valence electrons. The number of hydrogen-bond acceptors (Lipinski definition) is 5. The number of sulfone groups is 1. The van der Waals surface area contributed by atoms with Crippen molar-refractivity contribution in [3.8, 4) is 0 Å². The number of fused-ring (bicyclic) bond motifs is 1. The Balaban J connectivity index is 1.63. The first-order valence-corrected chi connectivity index (χ1v) is 12.7. The number of pyridine rings is 1. The maximum Gasteiger partial charge on any atom is 0.180 e. The van der Waals surface area contributed by atoms with Crippen LogP contribution in [0.1, 0.15) is 43.4 Å². The van der Waals surface area contributed by atoms with Gasteiger partial charge in [0.1, 0.15) is 11.5 Å². The second-order valence-corrected chi connectivity index (χ2v) is 10.4. The van der Waals surface area contributed by atoms with Crippen molar-refractivity contribution in [2.24, 2.45) is 5.92 Å². The molecule has 8 heteroatoms. The first kappa shape index (κ1) is 22.9. The maximum absolute atomic E-state index is 13.7. The molecule has 0 saturated carbocycles. The molecule has 1 fully saturated rings. The Labute approximate surface area is 188 Å². The topological polar surface area (TPSA) is 81.3 Å². The fourth-order valence-corrected chi connectivity index (χ4v) is 5.42. The fraction of sp³-hybridized carbons (Fsp3) is 0.458. The van der Waals surface area contributed by atoms with E-state index >= 15 is 0 Å². The third kappa shape index (κ3) is 5.36. The van der Waals surface area contributed by atoms with Crippen LogP contribution in [0.4, 0.5) is 4.39 Å². The van der Waals surface area contributed by atoms with Crippen molar-refractivity contribution >= 4 is 20.9 Å². The minimum Gasteiger partial charge on any atom is -0.381 e. The van der Waals surface area contributed by atoms with E-state index in [1.165, 1.54) is 12.3 Å². The van der Waals surface area contributed by atoms with E-state index in [-0.39, 0.29) is 24.1 Å². The SMILES string of the molecule is CCOCCS(=O)(=O)c1ccc(C(CC2CCOCC2)c2cc3cc(F)cnc3[nH]2)cc1. The molecule has 1 N–H and O–H groups in total. The van der Waals surface area contributed by atoms with Gasteiger partial charge in [-0.3, -0.25) is 0 Å². The molecule has 1 atom stereocenters. The molecule has 2 aromatic heterocycles. The molecule has 0 amide bonds. The lowest BCUT2D eigenvalue weighted by atomic mass is 9.83. The van der Waals surface area contributed by atoms with Crippen molar-refractivity contribution in [3.05, 3.63) is 59.7 Å². The molecule has 4 rings (SSSR count). The number of nitrogens with zero attached hydrogens (tertiary/aromatic N) is 1. The van der Waals surface area contributed by atoms with E-state index in [0.29, 0.717) is 23.1 Å². The first-order valence-electron chi connectivity index (χ1n) is 11.1. The molecule has 0 radical (unpaired) electrons. The average Bonchev–Trinajstić information content (AvgIpc) is 3.21. The van der Waals surface area contributed by atoms with Crippen molar-refractivity contribution in [1.82, 2.24) is 9.97 Å². The number of H-pyrrole nitrogens is 1. The van der Waals surface area contributed by atoms with Gasteiger partial charge >= 0.3 is 0 Å². The van der Waals surface area contributed by atoms with E-state index in [9.17, 15) is 12.8 Å². The van der Waals surface area contributed by atoms with E-state index < -0.39 is 9.84 Å². The van der Waals surface area contributed by atoms with Gasteiger partial charge in [0.15, 0.2) is 9.84 Å². The zero-order chi connectivity index (χ0) is 22.6. The van der Waals surface area contributed by atoms with Gasteiger partial charge in [-0.05, 0) is 61.9 Å². The molecule has 0 bridgehead atoms. The third-order valence-electron chi connectivity index (χ3n) is 6.08. The van der Waals surface area contributed by atoms with Gasteiger partial charge in [-0.1, -0.05) is 12.1 Å². The third-order valence-corrected chi connectivity index (χ3v) is 7.78. The molecule has 1 saturated heterocycles. The summed E-state index contributed by atoms with van der Waals surface area (Å²) in [7, 11) is -3.39. The van der Waals surface area contributed by atoms with Crippen molar-refractivity contribution in [1.29, 1.82) is 0 Å². The summed E-state index contributed by atoms with van der Waals surface area (Å²) in [6.07, 6.45) is 4.09. The van der Waals surface area contributed by atoms with Crippen LogP contribution in [0, 0.1) is 11.7 Å². The quantitative estimate of drug-likeness (QED) is 0.477. The van der Waals surface area contributed by atoms with Gasteiger partial charge in [-0.2, -0.15) is 0 Å². The van der Waals surface area contributed by atoms with E-state index in [0.717, 1.165) is 49.1 Å². The molecule has 32 heavy (non-hydrogen) atoms. The van der Waals surface area contributed by atoms with Gasteiger partial charge in [0.2, 0.25) is 0 Å². The molecule has 1 aliphatic rings. The molecular formula is C24H29FN2O4S. The van der Waals surface area contributed by atoms with Gasteiger partial charge in [0.25, 0.3) is 0 Å². The van der Waals surface area contributed by atoms with E-state index in [1.54, 1.807) is 12.1 Å². The number of ether oxygens (including phenoxy) is 2. The van der Waals surface area contributed by atoms with Gasteiger partial charge in [0.05, 0.1) is 23.5 Å². The summed E-state index contributed by atoms with van der Waals surface area (Å²) in [5.74, 6) is 0.117. The van der Waals surface area contributed by atoms with Crippen LogP contribution in [0.2, 0.25) is 0 Å². The molecule has 0 spiro atoms. The number of halogens is 1. The Morgan fingerprint density at radius 3 is 2.69 bits per heavy atom. The smallest absolute Gasteiger partial charge is 0.180 e. The van der Waals surface area contributed by atoms with Gasteiger partial charge in [0, 0.05) is 36.8 Å². The predicted molar refractivity (Wildman–Crippen MR) is 121 cm³/mol. The number of aromatic amines is 1. The molecule has 3 aromatic rings. The highest BCUT2D eigenvalue weighted by atomic mass is 32.2. The first-order chi connectivity index (χ1) is 15.5. The van der Waals surface area contributed by atoms with E-state index in [1.807, 2.05) is 25.1 Å². The number of hydrogen-bond donors (Lipinski definition) is 1. The van der Waals surface area contributed by atoms with Crippen LogP contribution in [0.3, 0.4) is 0 Å². The molecule has 0 aliphatic carbocycles. The normalized spacial score (nSPS) is 16.4. The summed E-state index contributed by atoms with van der Waals surface area (Å²) in [5, 5.41) is 0.729. The highest BCUT2D eigenvalue weighted by Crippen LogP contribution is 2.35. The minimum absolute atomic E-state index is 0.0236. The summed E-state index contributed by atoms with van der Waals surface area (Å²) in [5.41, 5.74) is 2.62. The predicted octanol–water partition coefficient (Wildman–Crippen LogP) is 4.46. The number of benzene rings is 1. The Morgan fingerprint density at radius 1 is 1.22 bits per heavy atom. The number of aromatic nitrogens is 2. The summed E-state index contributed by atoms with van der Waals surface area (Å²) < 4.78 is 49.5. The van der Waals surface area contributed by atoms with Gasteiger partial charge < -0.3 is 14.5 Å². The Morgan fingerprint density at radius 2 is 1.97 bits per heavy atom. The summed E-state index contributed by atoms with van der Waals surface area (Å²) in [4.78, 5) is 7.81. The summed E-state index contributed by atoms with van der Waals surface area (Å²) in [6, 6.07) is 10.5. The molecule has 1 aliphatic heterocycles. The van der Waals surface area contributed by atoms with Crippen LogP contribution < -0.4 is 0 Å². The van der Waals surface area contributed by atoms with Crippen LogP contribution in [0.15, 0.2) is 47.5 Å². The van der Waals surface area contributed by atoms with Crippen molar-refractivity contribution < 1.29 is 22.3 Å².